The number of hydrogen-bond donors (Lipinski definition) is 1. The molecule has 1 N–H and O–H groups in total. The van der Waals surface area contributed by atoms with Crippen LogP contribution in [-0.2, 0) is 0 Å². The smallest absolute Gasteiger partial charge is 0.339 e. The maximum absolute atomic E-state index is 11.2. The lowest BCUT2D eigenvalue weighted by Crippen LogP contribution is -2.01. The van der Waals surface area contributed by atoms with E-state index in [2.05, 4.69) is 6.07 Å². The highest BCUT2D eigenvalue weighted by molar-refractivity contribution is 5.91. The van der Waals surface area contributed by atoms with Gasteiger partial charge in [-0.25, -0.2) is 4.79 Å². The molecule has 0 saturated heterocycles. The van der Waals surface area contributed by atoms with Crippen LogP contribution in [0.5, 0.6) is 17.2 Å². The standard InChI is InChI=1S/C17H15NO4/c1-10-6-12(9-18)7-11(2)16(10)22-13-4-5-15(21-3)14(8-13)17(19)20/h4-8H,1-3H3,(H,19,20). The summed E-state index contributed by atoms with van der Waals surface area (Å²) in [5.41, 5.74) is 2.21. The number of aromatic carboxylic acids is 1. The van der Waals surface area contributed by atoms with Gasteiger partial charge in [-0.2, -0.15) is 5.26 Å². The number of nitrogens with zero attached hydrogens (tertiary/aromatic N) is 1. The molecule has 5 heteroatoms. The van der Waals surface area contributed by atoms with Gasteiger partial charge in [-0.1, -0.05) is 0 Å². The summed E-state index contributed by atoms with van der Waals surface area (Å²) in [4.78, 5) is 11.2. The van der Waals surface area contributed by atoms with Crippen molar-refractivity contribution in [3.8, 4) is 23.3 Å². The second-order valence-corrected chi connectivity index (χ2v) is 4.82. The number of ether oxygens (including phenoxy) is 2. The second kappa shape index (κ2) is 6.19. The molecule has 0 bridgehead atoms. The summed E-state index contributed by atoms with van der Waals surface area (Å²) in [6, 6.07) is 10.1. The Bertz CT molecular complexity index is 752. The molecule has 5 nitrogen and oxygen atoms in total. The molecule has 0 radical (unpaired) electrons. The van der Waals surface area contributed by atoms with E-state index in [1.54, 1.807) is 24.3 Å². The van der Waals surface area contributed by atoms with Crippen molar-refractivity contribution in [3.05, 3.63) is 52.6 Å². The third-order valence-corrected chi connectivity index (χ3v) is 3.21. The molecule has 0 aliphatic carbocycles. The maximum atomic E-state index is 11.2. The Hall–Kier alpha value is -3.00. The minimum absolute atomic E-state index is 0.0314. The van der Waals surface area contributed by atoms with E-state index >= 15 is 0 Å². The molecule has 0 aliphatic heterocycles. The lowest BCUT2D eigenvalue weighted by atomic mass is 10.1. The molecule has 0 spiro atoms. The molecule has 0 saturated carbocycles. The van der Waals surface area contributed by atoms with Gasteiger partial charge >= 0.3 is 5.97 Å². The third kappa shape index (κ3) is 3.01. The van der Waals surface area contributed by atoms with Crippen LogP contribution in [0.25, 0.3) is 0 Å². The fraction of sp³-hybridized carbons (Fsp3) is 0.176. The largest absolute Gasteiger partial charge is 0.496 e. The number of carboxylic acids is 1. The summed E-state index contributed by atoms with van der Waals surface area (Å²) in [5, 5.41) is 18.1. The minimum Gasteiger partial charge on any atom is -0.496 e. The Kier molecular flexibility index (Phi) is 4.33. The third-order valence-electron chi connectivity index (χ3n) is 3.21. The van der Waals surface area contributed by atoms with Crippen LogP contribution in [0, 0.1) is 25.2 Å². The van der Waals surface area contributed by atoms with Crippen LogP contribution >= 0.6 is 0 Å². The van der Waals surface area contributed by atoms with Gasteiger partial charge in [0.25, 0.3) is 0 Å². The van der Waals surface area contributed by atoms with Crippen molar-refractivity contribution in [3.63, 3.8) is 0 Å². The first-order valence-electron chi connectivity index (χ1n) is 6.56. The van der Waals surface area contributed by atoms with Crippen LogP contribution in [0.2, 0.25) is 0 Å². The normalized spacial score (nSPS) is 9.91. The topological polar surface area (TPSA) is 79.5 Å². The highest BCUT2D eigenvalue weighted by Gasteiger charge is 2.14. The Morgan fingerprint density at radius 1 is 1.18 bits per heavy atom. The van der Waals surface area contributed by atoms with Crippen LogP contribution in [-0.4, -0.2) is 18.2 Å². The Morgan fingerprint density at radius 3 is 2.32 bits per heavy atom. The summed E-state index contributed by atoms with van der Waals surface area (Å²) in [6.45, 7) is 3.68. The average Bonchev–Trinajstić information content (AvgIpc) is 2.50. The Morgan fingerprint density at radius 2 is 1.82 bits per heavy atom. The zero-order valence-electron chi connectivity index (χ0n) is 12.5. The van der Waals surface area contributed by atoms with Crippen LogP contribution in [0.15, 0.2) is 30.3 Å². The minimum atomic E-state index is -1.09. The number of nitriles is 1. The van der Waals surface area contributed by atoms with Gasteiger partial charge in [-0.05, 0) is 55.3 Å². The van der Waals surface area contributed by atoms with Gasteiger partial charge in [0.05, 0.1) is 18.7 Å². The summed E-state index contributed by atoms with van der Waals surface area (Å²) in [5.74, 6) is 0.193. The molecular formula is C17H15NO4. The lowest BCUT2D eigenvalue weighted by Gasteiger charge is -2.13. The van der Waals surface area contributed by atoms with Gasteiger partial charge in [0, 0.05) is 0 Å². The van der Waals surface area contributed by atoms with Crippen LogP contribution < -0.4 is 9.47 Å². The Labute approximate surface area is 128 Å². The van der Waals surface area contributed by atoms with Gasteiger partial charge in [0.15, 0.2) is 0 Å². The number of aryl methyl sites for hydroxylation is 2. The molecule has 0 atom stereocenters. The zero-order valence-corrected chi connectivity index (χ0v) is 12.5. The van der Waals surface area contributed by atoms with E-state index in [0.717, 1.165) is 11.1 Å². The fourth-order valence-electron chi connectivity index (χ4n) is 2.21. The highest BCUT2D eigenvalue weighted by Crippen LogP contribution is 2.32. The molecule has 22 heavy (non-hydrogen) atoms. The first-order chi connectivity index (χ1) is 10.5. The van der Waals surface area contributed by atoms with Gasteiger partial charge in [-0.15, -0.1) is 0 Å². The monoisotopic (exact) mass is 297 g/mol. The molecular weight excluding hydrogens is 282 g/mol. The second-order valence-electron chi connectivity index (χ2n) is 4.82. The fourth-order valence-corrected chi connectivity index (χ4v) is 2.21. The molecule has 0 amide bonds. The number of carboxylic acid groups (broad SMARTS) is 1. The van der Waals surface area contributed by atoms with Gasteiger partial charge in [0.1, 0.15) is 22.8 Å². The van der Waals surface area contributed by atoms with Gasteiger partial charge < -0.3 is 14.6 Å². The van der Waals surface area contributed by atoms with E-state index in [1.165, 1.54) is 13.2 Å². The predicted molar refractivity (Wildman–Crippen MR) is 80.7 cm³/mol. The van der Waals surface area contributed by atoms with E-state index in [0.29, 0.717) is 17.1 Å². The van der Waals surface area contributed by atoms with Crippen LogP contribution in [0.3, 0.4) is 0 Å². The first kappa shape index (κ1) is 15.4. The van der Waals surface area contributed by atoms with E-state index in [1.807, 2.05) is 13.8 Å². The highest BCUT2D eigenvalue weighted by atomic mass is 16.5. The predicted octanol–water partition coefficient (Wildman–Crippen LogP) is 3.67. The van der Waals surface area contributed by atoms with Crippen molar-refractivity contribution in [2.75, 3.05) is 7.11 Å². The molecule has 112 valence electrons. The number of rotatable bonds is 4. The van der Waals surface area contributed by atoms with Crippen molar-refractivity contribution in [2.24, 2.45) is 0 Å². The van der Waals surface area contributed by atoms with Crippen molar-refractivity contribution in [1.82, 2.24) is 0 Å². The zero-order chi connectivity index (χ0) is 16.3. The Balaban J connectivity index is 2.42. The number of benzene rings is 2. The average molecular weight is 297 g/mol. The lowest BCUT2D eigenvalue weighted by molar-refractivity contribution is 0.0693. The van der Waals surface area contributed by atoms with E-state index in [4.69, 9.17) is 14.7 Å². The van der Waals surface area contributed by atoms with E-state index < -0.39 is 5.97 Å². The summed E-state index contributed by atoms with van der Waals surface area (Å²) < 4.78 is 10.8. The van der Waals surface area contributed by atoms with Crippen molar-refractivity contribution in [1.29, 1.82) is 5.26 Å². The van der Waals surface area contributed by atoms with Gasteiger partial charge in [0.2, 0.25) is 0 Å². The SMILES string of the molecule is COc1ccc(Oc2c(C)cc(C#N)cc2C)cc1C(=O)O. The van der Waals surface area contributed by atoms with E-state index in [-0.39, 0.29) is 11.3 Å². The molecule has 2 aromatic rings. The summed E-state index contributed by atoms with van der Waals surface area (Å²) >= 11 is 0. The van der Waals surface area contributed by atoms with Crippen molar-refractivity contribution in [2.45, 2.75) is 13.8 Å². The summed E-state index contributed by atoms with van der Waals surface area (Å²) in [7, 11) is 1.41. The van der Waals surface area contributed by atoms with Crippen molar-refractivity contribution >= 4 is 5.97 Å². The first-order valence-corrected chi connectivity index (χ1v) is 6.56. The molecule has 2 rings (SSSR count). The number of hydrogen-bond acceptors (Lipinski definition) is 4. The summed E-state index contributed by atoms with van der Waals surface area (Å²) in [6.07, 6.45) is 0. The van der Waals surface area contributed by atoms with Crippen LogP contribution in [0.1, 0.15) is 27.0 Å². The molecule has 2 aromatic carbocycles. The molecule has 0 fully saturated rings. The molecule has 0 aliphatic rings. The number of methoxy groups -OCH3 is 1. The molecule has 0 heterocycles. The van der Waals surface area contributed by atoms with Crippen molar-refractivity contribution < 1.29 is 19.4 Å². The molecule has 0 aromatic heterocycles. The molecule has 0 unspecified atom stereocenters. The van der Waals surface area contributed by atoms with E-state index in [9.17, 15) is 9.90 Å². The number of carbonyl (C=O) groups is 1. The van der Waals surface area contributed by atoms with Crippen LogP contribution in [0.4, 0.5) is 0 Å². The maximum Gasteiger partial charge on any atom is 0.339 e. The quantitative estimate of drug-likeness (QED) is 0.931. The van der Waals surface area contributed by atoms with Gasteiger partial charge in [-0.3, -0.25) is 0 Å².